The van der Waals surface area contributed by atoms with Crippen molar-refractivity contribution in [2.24, 2.45) is 0 Å². The molecule has 1 N–H and O–H groups in total. The predicted molar refractivity (Wildman–Crippen MR) is 137 cm³/mol. The van der Waals surface area contributed by atoms with Gasteiger partial charge in [-0.3, -0.25) is 19.7 Å². The minimum atomic E-state index is -0.818. The zero-order chi connectivity index (χ0) is 26.2. The average Bonchev–Trinajstić information content (AvgIpc) is 2.87. The highest BCUT2D eigenvalue weighted by Gasteiger charge is 2.29. The number of ether oxygens (including phenoxy) is 2. The number of nitrogens with zero attached hydrogens (tertiary/aromatic N) is 2. The van der Waals surface area contributed by atoms with Crippen LogP contribution in [0.3, 0.4) is 0 Å². The fourth-order valence-electron chi connectivity index (χ4n) is 4.13. The van der Waals surface area contributed by atoms with E-state index in [0.29, 0.717) is 15.6 Å². The Balaban J connectivity index is 1.78. The maximum absolute atomic E-state index is 13.3. The molecule has 36 heavy (non-hydrogen) atoms. The largest absolute Gasteiger partial charge is 0.490 e. The third-order valence-electron chi connectivity index (χ3n) is 6.22. The van der Waals surface area contributed by atoms with Gasteiger partial charge >= 0.3 is 5.69 Å². The third kappa shape index (κ3) is 7.01. The number of nitrogens with one attached hydrogen (secondary N) is 1. The maximum atomic E-state index is 13.3. The lowest BCUT2D eigenvalue weighted by Gasteiger charge is -2.31. The molecule has 0 spiro atoms. The number of rotatable bonds is 10. The molecule has 2 aromatic rings. The summed E-state index contributed by atoms with van der Waals surface area (Å²) in [5.41, 5.74) is 0.294. The van der Waals surface area contributed by atoms with Crippen LogP contribution in [0.1, 0.15) is 44.6 Å². The summed E-state index contributed by atoms with van der Waals surface area (Å²) in [5, 5.41) is 14.9. The molecule has 0 aromatic heterocycles. The van der Waals surface area contributed by atoms with Crippen molar-refractivity contribution in [2.45, 2.75) is 57.7 Å². The fourth-order valence-corrected chi connectivity index (χ4v) is 4.65. The van der Waals surface area contributed by atoms with E-state index >= 15 is 0 Å². The van der Waals surface area contributed by atoms with Gasteiger partial charge in [0.25, 0.3) is 5.91 Å². The molecule has 9 nitrogen and oxygen atoms in total. The van der Waals surface area contributed by atoms with E-state index < -0.39 is 23.5 Å². The number of amides is 2. The predicted octanol–water partition coefficient (Wildman–Crippen LogP) is 5.16. The Hall–Kier alpha value is -3.04. The van der Waals surface area contributed by atoms with Gasteiger partial charge in [-0.2, -0.15) is 0 Å². The number of hydrogen-bond acceptors (Lipinski definition) is 6. The maximum Gasteiger partial charge on any atom is 0.311 e. The molecule has 11 heteroatoms. The lowest BCUT2D eigenvalue weighted by molar-refractivity contribution is -0.385. The van der Waals surface area contributed by atoms with Crippen molar-refractivity contribution >= 4 is 40.7 Å². The SMILES string of the molecule is COc1cc(OCC(=O)N(Cc2c(Cl)cccc2Cl)[C@@H](C)C(=O)NC2CCCCC2)ccc1[N+](=O)[O-]. The summed E-state index contributed by atoms with van der Waals surface area (Å²) in [5.74, 6) is -0.532. The van der Waals surface area contributed by atoms with Gasteiger partial charge in [0.1, 0.15) is 11.8 Å². The fraction of sp³-hybridized carbons (Fsp3) is 0.440. The van der Waals surface area contributed by atoms with Crippen molar-refractivity contribution in [3.63, 3.8) is 0 Å². The van der Waals surface area contributed by atoms with Crippen LogP contribution in [-0.4, -0.2) is 47.4 Å². The van der Waals surface area contributed by atoms with Crippen LogP contribution in [0, 0.1) is 10.1 Å². The van der Waals surface area contributed by atoms with Gasteiger partial charge in [-0.1, -0.05) is 48.5 Å². The number of carbonyl (C=O) groups is 2. The second kappa shape index (κ2) is 12.8. The molecular formula is C25H29Cl2N3O6. The molecule has 0 heterocycles. The smallest absolute Gasteiger partial charge is 0.311 e. The second-order valence-electron chi connectivity index (χ2n) is 8.62. The topological polar surface area (TPSA) is 111 Å². The molecule has 194 valence electrons. The van der Waals surface area contributed by atoms with Gasteiger partial charge in [-0.05, 0) is 38.0 Å². The molecular weight excluding hydrogens is 509 g/mol. The molecule has 2 aromatic carbocycles. The average molecular weight is 538 g/mol. The number of methoxy groups -OCH3 is 1. The Bertz CT molecular complexity index is 1090. The van der Waals surface area contributed by atoms with Gasteiger partial charge in [0.05, 0.1) is 12.0 Å². The standard InChI is InChI=1S/C25H29Cl2N3O6/c1-16(25(32)28-17-7-4-3-5-8-17)29(14-19-20(26)9-6-10-21(19)27)24(31)15-36-18-11-12-22(30(33)34)23(13-18)35-2/h6,9-13,16-17H,3-5,7-8,14-15H2,1-2H3,(H,28,32)/t16-/m0/s1. The zero-order valence-electron chi connectivity index (χ0n) is 20.2. The number of nitro benzene ring substituents is 1. The minimum absolute atomic E-state index is 0.00351. The van der Waals surface area contributed by atoms with E-state index in [1.807, 2.05) is 0 Å². The summed E-state index contributed by atoms with van der Waals surface area (Å²) in [6, 6.07) is 8.24. The van der Waals surface area contributed by atoms with Gasteiger partial charge in [0.15, 0.2) is 6.61 Å². The van der Waals surface area contributed by atoms with E-state index in [-0.39, 0.29) is 35.7 Å². The van der Waals surface area contributed by atoms with Crippen LogP contribution in [0.25, 0.3) is 0 Å². The molecule has 0 aliphatic heterocycles. The van der Waals surface area contributed by atoms with E-state index in [0.717, 1.165) is 32.1 Å². The second-order valence-corrected chi connectivity index (χ2v) is 9.44. The summed E-state index contributed by atoms with van der Waals surface area (Å²) < 4.78 is 10.7. The van der Waals surface area contributed by atoms with Crippen molar-refractivity contribution in [3.8, 4) is 11.5 Å². The lowest BCUT2D eigenvalue weighted by Crippen LogP contribution is -2.51. The zero-order valence-corrected chi connectivity index (χ0v) is 21.7. The first-order valence-corrected chi connectivity index (χ1v) is 12.4. The van der Waals surface area contributed by atoms with Crippen molar-refractivity contribution in [3.05, 3.63) is 62.1 Å². The third-order valence-corrected chi connectivity index (χ3v) is 6.93. The highest BCUT2D eigenvalue weighted by Crippen LogP contribution is 2.31. The van der Waals surface area contributed by atoms with Gasteiger partial charge < -0.3 is 19.7 Å². The first-order valence-electron chi connectivity index (χ1n) is 11.7. The summed E-state index contributed by atoms with van der Waals surface area (Å²) in [4.78, 5) is 38.3. The Kier molecular flexibility index (Phi) is 9.78. The van der Waals surface area contributed by atoms with Gasteiger partial charge in [-0.25, -0.2) is 0 Å². The number of hydrogen-bond donors (Lipinski definition) is 1. The Morgan fingerprint density at radius 3 is 2.44 bits per heavy atom. The van der Waals surface area contributed by atoms with Crippen LogP contribution in [0.5, 0.6) is 11.5 Å². The van der Waals surface area contributed by atoms with Crippen molar-refractivity contribution in [1.82, 2.24) is 10.2 Å². The van der Waals surface area contributed by atoms with Crippen molar-refractivity contribution in [2.75, 3.05) is 13.7 Å². The molecule has 1 saturated carbocycles. The molecule has 0 unspecified atom stereocenters. The van der Waals surface area contributed by atoms with Crippen molar-refractivity contribution < 1.29 is 24.0 Å². The van der Waals surface area contributed by atoms with E-state index in [1.54, 1.807) is 25.1 Å². The van der Waals surface area contributed by atoms with E-state index in [1.165, 1.54) is 30.2 Å². The quantitative estimate of drug-likeness (QED) is 0.331. The highest BCUT2D eigenvalue weighted by molar-refractivity contribution is 6.36. The van der Waals surface area contributed by atoms with Crippen LogP contribution >= 0.6 is 23.2 Å². The normalized spacial score (nSPS) is 14.6. The molecule has 0 radical (unpaired) electrons. The van der Waals surface area contributed by atoms with Gasteiger partial charge in [0.2, 0.25) is 11.7 Å². The Morgan fingerprint density at radius 2 is 1.83 bits per heavy atom. The monoisotopic (exact) mass is 537 g/mol. The molecule has 1 atom stereocenters. The summed E-state index contributed by atoms with van der Waals surface area (Å²) in [6.07, 6.45) is 5.09. The van der Waals surface area contributed by atoms with E-state index in [9.17, 15) is 19.7 Å². The Labute approximate surface area is 219 Å². The van der Waals surface area contributed by atoms with Crippen LogP contribution in [0.2, 0.25) is 10.0 Å². The molecule has 1 fully saturated rings. The molecule has 3 rings (SSSR count). The van der Waals surface area contributed by atoms with Crippen LogP contribution in [0.4, 0.5) is 5.69 Å². The lowest BCUT2D eigenvalue weighted by atomic mass is 9.95. The van der Waals surface area contributed by atoms with Crippen LogP contribution in [0.15, 0.2) is 36.4 Å². The molecule has 1 aliphatic rings. The molecule has 2 amide bonds. The van der Waals surface area contributed by atoms with Gasteiger partial charge in [-0.15, -0.1) is 0 Å². The Morgan fingerprint density at radius 1 is 1.17 bits per heavy atom. The molecule has 0 saturated heterocycles. The minimum Gasteiger partial charge on any atom is -0.490 e. The summed E-state index contributed by atoms with van der Waals surface area (Å²) >= 11 is 12.7. The van der Waals surface area contributed by atoms with E-state index in [4.69, 9.17) is 32.7 Å². The van der Waals surface area contributed by atoms with Crippen LogP contribution in [-0.2, 0) is 16.1 Å². The first-order chi connectivity index (χ1) is 17.2. The first kappa shape index (κ1) is 27.5. The summed E-state index contributed by atoms with van der Waals surface area (Å²) in [6.45, 7) is 1.24. The van der Waals surface area contributed by atoms with Crippen LogP contribution < -0.4 is 14.8 Å². The number of halogens is 2. The van der Waals surface area contributed by atoms with Gasteiger partial charge in [0, 0.05) is 40.3 Å². The highest BCUT2D eigenvalue weighted by atomic mass is 35.5. The number of carbonyl (C=O) groups excluding carboxylic acids is 2. The molecule has 0 bridgehead atoms. The summed E-state index contributed by atoms with van der Waals surface area (Å²) in [7, 11) is 1.30. The molecule has 1 aliphatic carbocycles. The number of benzene rings is 2. The number of nitro groups is 1. The van der Waals surface area contributed by atoms with E-state index in [2.05, 4.69) is 5.32 Å². The van der Waals surface area contributed by atoms with Crippen molar-refractivity contribution in [1.29, 1.82) is 0 Å².